The lowest BCUT2D eigenvalue weighted by molar-refractivity contribution is -0.138. The van der Waals surface area contributed by atoms with Crippen molar-refractivity contribution in [3.8, 4) is 11.3 Å². The summed E-state index contributed by atoms with van der Waals surface area (Å²) in [6.45, 7) is 1.44. The van der Waals surface area contributed by atoms with E-state index in [0.29, 0.717) is 22.8 Å². The number of hydrogen-bond donors (Lipinski definition) is 1. The molecule has 0 bridgehead atoms. The second kappa shape index (κ2) is 9.96. The van der Waals surface area contributed by atoms with Crippen molar-refractivity contribution in [2.24, 2.45) is 4.99 Å². The highest BCUT2D eigenvalue weighted by molar-refractivity contribution is 6.05. The third-order valence-electron chi connectivity index (χ3n) is 6.39. The number of carbonyl (C=O) groups is 3. The predicted octanol–water partition coefficient (Wildman–Crippen LogP) is 2.88. The van der Waals surface area contributed by atoms with Gasteiger partial charge in [-0.15, -0.1) is 0 Å². The zero-order valence-corrected chi connectivity index (χ0v) is 20.5. The fraction of sp³-hybridized carbons (Fsp3) is 0.231. The molecular formula is C26H23F2N7O3. The number of anilines is 1. The zero-order chi connectivity index (χ0) is 27.0. The number of urea groups is 1. The first kappa shape index (κ1) is 24.9. The van der Waals surface area contributed by atoms with Crippen molar-refractivity contribution < 1.29 is 23.2 Å². The molecule has 4 amide bonds. The SMILES string of the molecule is CC1=NC2C(C(=O)N(Cc3ccccn3)C(=O)N2C)N1CC(=O)Nc1cccc(-c2ccc(F)c(F)c2)n1. The lowest BCUT2D eigenvalue weighted by Gasteiger charge is -2.41. The maximum Gasteiger partial charge on any atom is 0.328 e. The van der Waals surface area contributed by atoms with E-state index in [0.717, 1.165) is 17.0 Å². The molecule has 3 aromatic rings. The highest BCUT2D eigenvalue weighted by atomic mass is 19.2. The van der Waals surface area contributed by atoms with Gasteiger partial charge < -0.3 is 15.1 Å². The number of imide groups is 1. The topological polar surface area (TPSA) is 111 Å². The summed E-state index contributed by atoms with van der Waals surface area (Å²) >= 11 is 0. The molecule has 1 saturated heterocycles. The van der Waals surface area contributed by atoms with E-state index in [1.54, 1.807) is 61.5 Å². The van der Waals surface area contributed by atoms with Gasteiger partial charge in [0.15, 0.2) is 23.8 Å². The number of aliphatic imine (C=N–C) groups is 1. The van der Waals surface area contributed by atoms with Crippen LogP contribution < -0.4 is 5.32 Å². The number of fused-ring (bicyclic) bond motifs is 1. The second-order valence-corrected chi connectivity index (χ2v) is 8.89. The van der Waals surface area contributed by atoms with Crippen LogP contribution in [0.4, 0.5) is 19.4 Å². The number of benzene rings is 1. The van der Waals surface area contributed by atoms with Gasteiger partial charge in [0.25, 0.3) is 5.91 Å². The Labute approximate surface area is 216 Å². The lowest BCUT2D eigenvalue weighted by Crippen LogP contribution is -2.65. The van der Waals surface area contributed by atoms with Crippen molar-refractivity contribution in [3.63, 3.8) is 0 Å². The van der Waals surface area contributed by atoms with Crippen LogP contribution in [0.25, 0.3) is 11.3 Å². The number of likely N-dealkylation sites (N-methyl/N-ethyl adjacent to an activating group) is 1. The Kier molecular flexibility index (Phi) is 6.53. The van der Waals surface area contributed by atoms with Gasteiger partial charge in [0, 0.05) is 18.8 Å². The first-order valence-corrected chi connectivity index (χ1v) is 11.7. The molecule has 2 aliphatic heterocycles. The highest BCUT2D eigenvalue weighted by Gasteiger charge is 2.51. The number of rotatable bonds is 6. The molecule has 0 saturated carbocycles. The van der Waals surface area contributed by atoms with Crippen LogP contribution >= 0.6 is 0 Å². The molecule has 1 aromatic carbocycles. The number of aromatic nitrogens is 2. The molecule has 2 aromatic heterocycles. The molecule has 1 fully saturated rings. The quantitative estimate of drug-likeness (QED) is 0.536. The maximum absolute atomic E-state index is 13.7. The van der Waals surface area contributed by atoms with Crippen LogP contribution in [0, 0.1) is 11.6 Å². The Morgan fingerprint density at radius 3 is 2.61 bits per heavy atom. The van der Waals surface area contributed by atoms with E-state index in [-0.39, 0.29) is 18.9 Å². The van der Waals surface area contributed by atoms with Gasteiger partial charge in [-0.2, -0.15) is 0 Å². The number of pyridine rings is 2. The number of nitrogens with zero attached hydrogens (tertiary/aromatic N) is 6. The van der Waals surface area contributed by atoms with Gasteiger partial charge in [-0.25, -0.2) is 23.6 Å². The first-order chi connectivity index (χ1) is 18.2. The first-order valence-electron chi connectivity index (χ1n) is 11.7. The molecule has 38 heavy (non-hydrogen) atoms. The standard InChI is InChI=1S/C26H23F2N7O3/c1-15-30-24-23(25(37)35(26(38)33(24)2)13-17-6-3-4-11-29-17)34(15)14-22(36)32-21-8-5-7-20(31-21)16-9-10-18(27)19(28)12-16/h3-12,23-24H,13-14H2,1-2H3,(H,31,32,36). The number of hydrogen-bond acceptors (Lipinski definition) is 7. The van der Waals surface area contributed by atoms with E-state index < -0.39 is 41.7 Å². The van der Waals surface area contributed by atoms with Gasteiger partial charge in [0.1, 0.15) is 5.82 Å². The number of carbonyl (C=O) groups excluding carboxylic acids is 3. The van der Waals surface area contributed by atoms with Crippen molar-refractivity contribution >= 4 is 29.5 Å². The van der Waals surface area contributed by atoms with Crippen molar-refractivity contribution in [1.29, 1.82) is 0 Å². The molecule has 4 heterocycles. The van der Waals surface area contributed by atoms with Gasteiger partial charge >= 0.3 is 6.03 Å². The van der Waals surface area contributed by atoms with Crippen LogP contribution in [0.3, 0.4) is 0 Å². The van der Waals surface area contributed by atoms with Gasteiger partial charge in [-0.1, -0.05) is 12.1 Å². The number of halogens is 2. The molecule has 10 nitrogen and oxygen atoms in total. The monoisotopic (exact) mass is 519 g/mol. The summed E-state index contributed by atoms with van der Waals surface area (Å²) in [5.41, 5.74) is 1.24. The molecule has 2 atom stereocenters. The molecule has 0 radical (unpaired) electrons. The Balaban J connectivity index is 1.32. The molecule has 2 unspecified atom stereocenters. The summed E-state index contributed by atoms with van der Waals surface area (Å²) in [5, 5.41) is 2.68. The van der Waals surface area contributed by atoms with Crippen LogP contribution in [0.15, 0.2) is 65.8 Å². The molecule has 5 rings (SSSR count). The van der Waals surface area contributed by atoms with E-state index in [2.05, 4.69) is 20.3 Å². The van der Waals surface area contributed by atoms with Crippen LogP contribution in [0.2, 0.25) is 0 Å². The molecule has 0 spiro atoms. The smallest absolute Gasteiger partial charge is 0.328 e. The van der Waals surface area contributed by atoms with Crippen molar-refractivity contribution in [2.45, 2.75) is 25.7 Å². The predicted molar refractivity (Wildman–Crippen MR) is 134 cm³/mol. The summed E-state index contributed by atoms with van der Waals surface area (Å²) in [7, 11) is 1.56. The van der Waals surface area contributed by atoms with E-state index >= 15 is 0 Å². The van der Waals surface area contributed by atoms with E-state index in [1.807, 2.05) is 0 Å². The normalized spacial score (nSPS) is 18.9. The van der Waals surface area contributed by atoms with Gasteiger partial charge in [-0.05, 0) is 49.4 Å². The minimum absolute atomic E-state index is 0.00809. The van der Waals surface area contributed by atoms with Gasteiger partial charge in [0.05, 0.1) is 30.3 Å². The Morgan fingerprint density at radius 1 is 1.05 bits per heavy atom. The molecule has 1 N–H and O–H groups in total. The van der Waals surface area contributed by atoms with Crippen molar-refractivity contribution in [3.05, 3.63) is 78.1 Å². The van der Waals surface area contributed by atoms with E-state index in [1.165, 1.54) is 11.0 Å². The largest absolute Gasteiger partial charge is 0.336 e. The molecule has 0 aliphatic carbocycles. The Hall–Kier alpha value is -4.74. The molecule has 2 aliphatic rings. The van der Waals surface area contributed by atoms with Gasteiger partial charge in [0.2, 0.25) is 5.91 Å². The Morgan fingerprint density at radius 2 is 1.87 bits per heavy atom. The molecular weight excluding hydrogens is 496 g/mol. The van der Waals surface area contributed by atoms with Crippen molar-refractivity contribution in [1.82, 2.24) is 24.7 Å². The van der Waals surface area contributed by atoms with Crippen LogP contribution in [-0.2, 0) is 16.1 Å². The summed E-state index contributed by atoms with van der Waals surface area (Å²) in [6.07, 6.45) is 0.813. The van der Waals surface area contributed by atoms with Crippen LogP contribution in [-0.4, -0.2) is 74.1 Å². The summed E-state index contributed by atoms with van der Waals surface area (Å²) in [4.78, 5) is 56.4. The fourth-order valence-corrected chi connectivity index (χ4v) is 4.48. The third kappa shape index (κ3) is 4.67. The average Bonchev–Trinajstić information content (AvgIpc) is 3.23. The molecule has 194 valence electrons. The summed E-state index contributed by atoms with van der Waals surface area (Å²) in [5.74, 6) is -2.29. The average molecular weight is 520 g/mol. The van der Waals surface area contributed by atoms with Crippen LogP contribution in [0.5, 0.6) is 0 Å². The fourth-order valence-electron chi connectivity index (χ4n) is 4.48. The Bertz CT molecular complexity index is 1450. The number of amides is 4. The highest BCUT2D eigenvalue weighted by Crippen LogP contribution is 2.28. The number of nitrogens with one attached hydrogen (secondary N) is 1. The number of amidine groups is 1. The zero-order valence-electron chi connectivity index (χ0n) is 20.5. The van der Waals surface area contributed by atoms with E-state index in [4.69, 9.17) is 0 Å². The summed E-state index contributed by atoms with van der Waals surface area (Å²) < 4.78 is 27.0. The minimum atomic E-state index is -1.00. The third-order valence-corrected chi connectivity index (χ3v) is 6.39. The lowest BCUT2D eigenvalue weighted by atomic mass is 10.1. The van der Waals surface area contributed by atoms with Crippen molar-refractivity contribution in [2.75, 3.05) is 18.9 Å². The van der Waals surface area contributed by atoms with Gasteiger partial charge in [-0.3, -0.25) is 19.5 Å². The van der Waals surface area contributed by atoms with E-state index in [9.17, 15) is 23.2 Å². The molecule has 12 heteroatoms. The summed E-state index contributed by atoms with van der Waals surface area (Å²) in [6, 6.07) is 12.0. The minimum Gasteiger partial charge on any atom is -0.336 e. The maximum atomic E-state index is 13.7. The van der Waals surface area contributed by atoms with Crippen LogP contribution in [0.1, 0.15) is 12.6 Å². The second-order valence-electron chi connectivity index (χ2n) is 8.89.